The Labute approximate surface area is 106 Å². The quantitative estimate of drug-likeness (QED) is 0.663. The van der Waals surface area contributed by atoms with Crippen LogP contribution < -0.4 is 4.74 Å². The van der Waals surface area contributed by atoms with E-state index in [1.165, 1.54) is 0 Å². The average Bonchev–Trinajstić information content (AvgIpc) is 2.28. The second-order valence-electron chi connectivity index (χ2n) is 3.20. The van der Waals surface area contributed by atoms with E-state index in [9.17, 15) is 23.1 Å². The summed E-state index contributed by atoms with van der Waals surface area (Å²) in [6.07, 6.45) is -4.89. The molecule has 7 heteroatoms. The van der Waals surface area contributed by atoms with E-state index < -0.39 is 18.1 Å². The number of benzene rings is 1. The smallest absolute Gasteiger partial charge is 0.508 e. The molecular formula is C12H9F3O4. The number of carbonyl (C=O) groups is 1. The minimum absolute atomic E-state index is 0.0967. The van der Waals surface area contributed by atoms with Crippen LogP contribution in [0.5, 0.6) is 11.5 Å². The fourth-order valence-electron chi connectivity index (χ4n) is 1.11. The van der Waals surface area contributed by atoms with Crippen molar-refractivity contribution in [1.29, 1.82) is 0 Å². The Hall–Kier alpha value is -2.36. The molecular weight excluding hydrogens is 265 g/mol. The van der Waals surface area contributed by atoms with Crippen LogP contribution in [0.4, 0.5) is 13.2 Å². The number of halogens is 3. The van der Waals surface area contributed by atoms with Crippen LogP contribution in [0.25, 0.3) is 0 Å². The highest BCUT2D eigenvalue weighted by Crippen LogP contribution is 2.28. The van der Waals surface area contributed by atoms with Gasteiger partial charge in [0.15, 0.2) is 0 Å². The number of ether oxygens (including phenoxy) is 2. The first kappa shape index (κ1) is 14.7. The lowest BCUT2D eigenvalue weighted by molar-refractivity contribution is -0.274. The molecule has 1 N–H and O–H groups in total. The summed E-state index contributed by atoms with van der Waals surface area (Å²) >= 11 is 0. The van der Waals surface area contributed by atoms with E-state index in [2.05, 4.69) is 15.4 Å². The highest BCUT2D eigenvalue weighted by Gasteiger charge is 2.32. The summed E-state index contributed by atoms with van der Waals surface area (Å²) in [6.45, 7) is 1.66. The third-order valence-corrected chi connectivity index (χ3v) is 1.76. The standard InChI is InChI=1S/C12H9F3O4/c1-2-18-11(17)6-3-8-7-9(16)4-5-10(8)19-12(13,14)15/h4-5,7,16H,2H2,1H3. The van der Waals surface area contributed by atoms with Gasteiger partial charge in [-0.25, -0.2) is 4.79 Å². The molecule has 19 heavy (non-hydrogen) atoms. The van der Waals surface area contributed by atoms with Crippen LogP contribution >= 0.6 is 0 Å². The maximum absolute atomic E-state index is 12.1. The van der Waals surface area contributed by atoms with Gasteiger partial charge < -0.3 is 14.6 Å². The first-order valence-electron chi connectivity index (χ1n) is 5.09. The molecule has 0 amide bonds. The zero-order valence-corrected chi connectivity index (χ0v) is 9.75. The van der Waals surface area contributed by atoms with Gasteiger partial charge in [0.1, 0.15) is 11.5 Å². The third-order valence-electron chi connectivity index (χ3n) is 1.76. The van der Waals surface area contributed by atoms with Gasteiger partial charge in [-0.2, -0.15) is 0 Å². The number of hydrogen-bond donors (Lipinski definition) is 1. The highest BCUT2D eigenvalue weighted by atomic mass is 19.4. The zero-order valence-electron chi connectivity index (χ0n) is 9.75. The number of aromatic hydroxyl groups is 1. The highest BCUT2D eigenvalue weighted by molar-refractivity contribution is 5.89. The van der Waals surface area contributed by atoms with E-state index in [1.54, 1.807) is 6.92 Å². The first-order valence-corrected chi connectivity index (χ1v) is 5.09. The summed E-state index contributed by atoms with van der Waals surface area (Å²) in [5.41, 5.74) is -0.273. The molecule has 0 aliphatic carbocycles. The summed E-state index contributed by atoms with van der Waals surface area (Å²) in [5, 5.41) is 9.18. The van der Waals surface area contributed by atoms with Crippen LogP contribution in [0.2, 0.25) is 0 Å². The summed E-state index contributed by atoms with van der Waals surface area (Å²) in [5.74, 6) is 2.34. The van der Waals surface area contributed by atoms with Crippen molar-refractivity contribution < 1.29 is 32.5 Å². The predicted molar refractivity (Wildman–Crippen MR) is 58.3 cm³/mol. The van der Waals surface area contributed by atoms with Crippen molar-refractivity contribution in [3.8, 4) is 23.3 Å². The fraction of sp³-hybridized carbons (Fsp3) is 0.250. The zero-order chi connectivity index (χ0) is 14.5. The maximum Gasteiger partial charge on any atom is 0.573 e. The molecule has 0 aromatic heterocycles. The number of phenols is 1. The maximum atomic E-state index is 12.1. The van der Waals surface area contributed by atoms with Crippen molar-refractivity contribution >= 4 is 5.97 Å². The van der Waals surface area contributed by atoms with E-state index in [1.807, 2.05) is 5.92 Å². The van der Waals surface area contributed by atoms with Gasteiger partial charge in [0, 0.05) is 5.92 Å². The molecule has 102 valence electrons. The van der Waals surface area contributed by atoms with Gasteiger partial charge in [-0.15, -0.1) is 13.2 Å². The fourth-order valence-corrected chi connectivity index (χ4v) is 1.11. The number of esters is 1. The second kappa shape index (κ2) is 6.00. The van der Waals surface area contributed by atoms with Crippen molar-refractivity contribution in [3.05, 3.63) is 23.8 Å². The number of hydrogen-bond acceptors (Lipinski definition) is 4. The molecule has 1 aromatic rings. The predicted octanol–water partition coefficient (Wildman–Crippen LogP) is 2.21. The summed E-state index contributed by atoms with van der Waals surface area (Å²) < 4.78 is 44.6. The molecule has 0 aliphatic heterocycles. The van der Waals surface area contributed by atoms with Gasteiger partial charge in [-0.1, -0.05) is 5.92 Å². The normalized spacial score (nSPS) is 10.3. The van der Waals surface area contributed by atoms with Gasteiger partial charge >= 0.3 is 12.3 Å². The van der Waals surface area contributed by atoms with E-state index in [0.717, 1.165) is 18.2 Å². The molecule has 1 rings (SSSR count). The van der Waals surface area contributed by atoms with Crippen LogP contribution in [-0.2, 0) is 9.53 Å². The molecule has 0 unspecified atom stereocenters. The molecule has 0 atom stereocenters. The van der Waals surface area contributed by atoms with Gasteiger partial charge in [0.05, 0.1) is 12.2 Å². The third kappa shape index (κ3) is 5.21. The van der Waals surface area contributed by atoms with Crippen molar-refractivity contribution in [3.63, 3.8) is 0 Å². The lowest BCUT2D eigenvalue weighted by Gasteiger charge is -2.10. The topological polar surface area (TPSA) is 55.8 Å². The largest absolute Gasteiger partial charge is 0.573 e. The van der Waals surface area contributed by atoms with Gasteiger partial charge in [0.2, 0.25) is 0 Å². The Balaban J connectivity index is 3.04. The lowest BCUT2D eigenvalue weighted by Crippen LogP contribution is -2.17. The Morgan fingerprint density at radius 1 is 1.42 bits per heavy atom. The summed E-state index contributed by atoms with van der Waals surface area (Å²) in [4.78, 5) is 11.0. The minimum Gasteiger partial charge on any atom is -0.508 e. The van der Waals surface area contributed by atoms with E-state index in [4.69, 9.17) is 0 Å². The van der Waals surface area contributed by atoms with E-state index in [-0.39, 0.29) is 17.9 Å². The number of phenolic OH excluding ortho intramolecular Hbond substituents is 1. The molecule has 0 bridgehead atoms. The van der Waals surface area contributed by atoms with Crippen LogP contribution in [0, 0.1) is 11.8 Å². The van der Waals surface area contributed by atoms with Crippen LogP contribution in [-0.4, -0.2) is 24.0 Å². The minimum atomic E-state index is -4.89. The first-order chi connectivity index (χ1) is 8.81. The summed E-state index contributed by atoms with van der Waals surface area (Å²) in [6, 6.07) is 2.86. The molecule has 0 spiro atoms. The molecule has 4 nitrogen and oxygen atoms in total. The van der Waals surface area contributed by atoms with Crippen molar-refractivity contribution in [1.82, 2.24) is 0 Å². The molecule has 0 radical (unpaired) electrons. The monoisotopic (exact) mass is 274 g/mol. The number of alkyl halides is 3. The van der Waals surface area contributed by atoms with Crippen molar-refractivity contribution in [2.24, 2.45) is 0 Å². The average molecular weight is 274 g/mol. The Kier molecular flexibility index (Phi) is 4.64. The Morgan fingerprint density at radius 3 is 2.68 bits per heavy atom. The number of carbonyl (C=O) groups excluding carboxylic acids is 1. The lowest BCUT2D eigenvalue weighted by atomic mass is 10.2. The molecule has 0 heterocycles. The second-order valence-corrected chi connectivity index (χ2v) is 3.20. The van der Waals surface area contributed by atoms with Crippen LogP contribution in [0.15, 0.2) is 18.2 Å². The van der Waals surface area contributed by atoms with Gasteiger partial charge in [-0.3, -0.25) is 0 Å². The Morgan fingerprint density at radius 2 is 2.11 bits per heavy atom. The molecule has 1 aromatic carbocycles. The molecule has 0 saturated heterocycles. The summed E-state index contributed by atoms with van der Waals surface area (Å²) in [7, 11) is 0. The van der Waals surface area contributed by atoms with Crippen molar-refractivity contribution in [2.45, 2.75) is 13.3 Å². The van der Waals surface area contributed by atoms with E-state index >= 15 is 0 Å². The molecule has 0 aliphatic rings. The van der Waals surface area contributed by atoms with Gasteiger partial charge in [0.25, 0.3) is 0 Å². The number of rotatable bonds is 2. The Bertz CT molecular complexity index is 526. The molecule has 0 saturated carbocycles. The van der Waals surface area contributed by atoms with Crippen LogP contribution in [0.3, 0.4) is 0 Å². The van der Waals surface area contributed by atoms with Gasteiger partial charge in [-0.05, 0) is 25.1 Å². The molecule has 0 fully saturated rings. The SMILES string of the molecule is CCOC(=O)C#Cc1cc(O)ccc1OC(F)(F)F. The van der Waals surface area contributed by atoms with E-state index in [0.29, 0.717) is 0 Å². The van der Waals surface area contributed by atoms with Crippen LogP contribution in [0.1, 0.15) is 12.5 Å². The van der Waals surface area contributed by atoms with Crippen molar-refractivity contribution in [2.75, 3.05) is 6.61 Å².